The summed E-state index contributed by atoms with van der Waals surface area (Å²) in [5.41, 5.74) is 2.19. The number of fused-ring (bicyclic) bond motifs is 1. The molecule has 0 bridgehead atoms. The predicted molar refractivity (Wildman–Crippen MR) is 90.2 cm³/mol. The van der Waals surface area contributed by atoms with Gasteiger partial charge < -0.3 is 14.4 Å². The normalized spacial score (nSPS) is 18.6. The van der Waals surface area contributed by atoms with Crippen molar-refractivity contribution in [1.82, 2.24) is 20.0 Å². The molecule has 23 heavy (non-hydrogen) atoms. The molecule has 0 spiro atoms. The Morgan fingerprint density at radius 3 is 3.09 bits per heavy atom. The van der Waals surface area contributed by atoms with Crippen LogP contribution < -0.4 is 5.32 Å². The lowest BCUT2D eigenvalue weighted by atomic mass is 10.0. The van der Waals surface area contributed by atoms with Crippen molar-refractivity contribution in [3.8, 4) is 11.5 Å². The summed E-state index contributed by atoms with van der Waals surface area (Å²) in [6.07, 6.45) is 7.88. The summed E-state index contributed by atoms with van der Waals surface area (Å²) >= 11 is 0. The summed E-state index contributed by atoms with van der Waals surface area (Å²) in [6, 6.07) is 8.88. The van der Waals surface area contributed by atoms with Crippen LogP contribution in [0, 0.1) is 0 Å². The average Bonchev–Trinajstić information content (AvgIpc) is 3.19. The molecule has 3 heterocycles. The highest BCUT2D eigenvalue weighted by molar-refractivity contribution is 5.93. The lowest BCUT2D eigenvalue weighted by molar-refractivity contribution is 0.375. The number of piperidine rings is 1. The Kier molecular flexibility index (Phi) is 3.87. The maximum absolute atomic E-state index is 5.52. The van der Waals surface area contributed by atoms with E-state index in [1.165, 1.54) is 24.8 Å². The first kappa shape index (κ1) is 14.5. The van der Waals surface area contributed by atoms with Gasteiger partial charge in [0, 0.05) is 36.6 Å². The van der Waals surface area contributed by atoms with Crippen molar-refractivity contribution in [1.29, 1.82) is 0 Å². The molecule has 120 valence electrons. The molecule has 1 aliphatic heterocycles. The van der Waals surface area contributed by atoms with Crippen LogP contribution in [0.1, 0.15) is 31.5 Å². The maximum Gasteiger partial charge on any atom is 0.260 e. The molecule has 5 nitrogen and oxygen atoms in total. The highest BCUT2D eigenvalue weighted by Crippen LogP contribution is 2.29. The zero-order valence-electron chi connectivity index (χ0n) is 13.5. The minimum Gasteiger partial charge on any atom is -0.350 e. The minimum absolute atomic E-state index is 0.600. The van der Waals surface area contributed by atoms with Gasteiger partial charge in [0.05, 0.1) is 5.56 Å². The highest BCUT2D eigenvalue weighted by atomic mass is 16.5. The van der Waals surface area contributed by atoms with Gasteiger partial charge in [0.1, 0.15) is 0 Å². The smallest absolute Gasteiger partial charge is 0.260 e. The van der Waals surface area contributed by atoms with Crippen molar-refractivity contribution >= 4 is 10.9 Å². The van der Waals surface area contributed by atoms with Crippen molar-refractivity contribution in [3.05, 3.63) is 36.3 Å². The van der Waals surface area contributed by atoms with Gasteiger partial charge in [-0.1, -0.05) is 29.8 Å². The van der Waals surface area contributed by atoms with Crippen LogP contribution in [0.3, 0.4) is 0 Å². The van der Waals surface area contributed by atoms with Crippen molar-refractivity contribution in [2.24, 2.45) is 7.05 Å². The molecule has 3 aromatic rings. The van der Waals surface area contributed by atoms with E-state index in [9.17, 15) is 0 Å². The minimum atomic E-state index is 0.600. The van der Waals surface area contributed by atoms with Crippen LogP contribution in [0.25, 0.3) is 22.4 Å². The van der Waals surface area contributed by atoms with Gasteiger partial charge >= 0.3 is 0 Å². The summed E-state index contributed by atoms with van der Waals surface area (Å²) in [6.45, 7) is 1.14. The molecule has 1 aliphatic rings. The van der Waals surface area contributed by atoms with Crippen LogP contribution in [-0.2, 0) is 13.5 Å². The number of benzene rings is 1. The summed E-state index contributed by atoms with van der Waals surface area (Å²) in [5, 5.41) is 8.89. The summed E-state index contributed by atoms with van der Waals surface area (Å²) in [5.74, 6) is 1.42. The lowest BCUT2D eigenvalue weighted by Gasteiger charge is -2.22. The monoisotopic (exact) mass is 310 g/mol. The molecule has 1 aromatic carbocycles. The van der Waals surface area contributed by atoms with Crippen LogP contribution in [-0.4, -0.2) is 27.3 Å². The van der Waals surface area contributed by atoms with Gasteiger partial charge in [0.2, 0.25) is 0 Å². The van der Waals surface area contributed by atoms with Gasteiger partial charge in [-0.2, -0.15) is 4.98 Å². The van der Waals surface area contributed by atoms with Gasteiger partial charge in [-0.25, -0.2) is 0 Å². The first-order valence-corrected chi connectivity index (χ1v) is 8.41. The second-order valence-electron chi connectivity index (χ2n) is 6.37. The molecule has 0 amide bonds. The van der Waals surface area contributed by atoms with Crippen LogP contribution in [0.2, 0.25) is 0 Å². The Balaban J connectivity index is 1.52. The molecule has 4 rings (SSSR count). The zero-order valence-corrected chi connectivity index (χ0v) is 13.5. The quantitative estimate of drug-likeness (QED) is 0.803. The van der Waals surface area contributed by atoms with E-state index in [1.807, 2.05) is 19.2 Å². The zero-order chi connectivity index (χ0) is 15.6. The first-order valence-electron chi connectivity index (χ1n) is 8.41. The van der Waals surface area contributed by atoms with E-state index in [1.54, 1.807) is 0 Å². The first-order chi connectivity index (χ1) is 11.3. The maximum atomic E-state index is 5.52. The van der Waals surface area contributed by atoms with Gasteiger partial charge in [0.25, 0.3) is 5.89 Å². The summed E-state index contributed by atoms with van der Waals surface area (Å²) < 4.78 is 7.61. The molecule has 1 fully saturated rings. The van der Waals surface area contributed by atoms with Crippen molar-refractivity contribution in [3.63, 3.8) is 0 Å². The fourth-order valence-corrected chi connectivity index (χ4v) is 3.45. The predicted octanol–water partition coefficient (Wildman–Crippen LogP) is 3.30. The number of hydrogen-bond donors (Lipinski definition) is 1. The van der Waals surface area contributed by atoms with Crippen molar-refractivity contribution < 1.29 is 4.52 Å². The van der Waals surface area contributed by atoms with E-state index < -0.39 is 0 Å². The van der Waals surface area contributed by atoms with E-state index in [2.05, 4.69) is 38.4 Å². The van der Waals surface area contributed by atoms with E-state index in [-0.39, 0.29) is 0 Å². The Morgan fingerprint density at radius 2 is 2.22 bits per heavy atom. The Hall–Kier alpha value is -2.14. The molecule has 0 saturated carbocycles. The molecule has 1 unspecified atom stereocenters. The summed E-state index contributed by atoms with van der Waals surface area (Å²) in [7, 11) is 2.04. The van der Waals surface area contributed by atoms with E-state index in [0.717, 1.165) is 36.2 Å². The number of aryl methyl sites for hydroxylation is 2. The third kappa shape index (κ3) is 2.88. The second kappa shape index (κ2) is 6.16. The van der Waals surface area contributed by atoms with Crippen LogP contribution >= 0.6 is 0 Å². The van der Waals surface area contributed by atoms with E-state index in [4.69, 9.17) is 4.52 Å². The van der Waals surface area contributed by atoms with Crippen molar-refractivity contribution in [2.45, 2.75) is 38.1 Å². The number of para-hydroxylation sites is 1. The topological polar surface area (TPSA) is 55.9 Å². The van der Waals surface area contributed by atoms with Gasteiger partial charge in [-0.05, 0) is 31.9 Å². The molecule has 5 heteroatoms. The largest absolute Gasteiger partial charge is 0.350 e. The van der Waals surface area contributed by atoms with Gasteiger partial charge in [-0.15, -0.1) is 0 Å². The summed E-state index contributed by atoms with van der Waals surface area (Å²) in [4.78, 5) is 4.61. The Bertz CT molecular complexity index is 798. The molecule has 0 aliphatic carbocycles. The van der Waals surface area contributed by atoms with Crippen molar-refractivity contribution in [2.75, 3.05) is 6.54 Å². The fourth-order valence-electron chi connectivity index (χ4n) is 3.45. The van der Waals surface area contributed by atoms with Gasteiger partial charge in [-0.3, -0.25) is 0 Å². The van der Waals surface area contributed by atoms with Crippen LogP contribution in [0.15, 0.2) is 35.0 Å². The number of nitrogens with one attached hydrogen (secondary N) is 1. The molecule has 0 radical (unpaired) electrons. The number of aromatic nitrogens is 3. The SMILES string of the molecule is Cn1cc(-c2nc(CCC3CCCCN3)no2)c2ccccc21. The van der Waals surface area contributed by atoms with E-state index in [0.29, 0.717) is 11.9 Å². The van der Waals surface area contributed by atoms with Crippen LogP contribution in [0.4, 0.5) is 0 Å². The third-order valence-electron chi connectivity index (χ3n) is 4.72. The molecule has 1 saturated heterocycles. The molecule has 1 N–H and O–H groups in total. The number of rotatable bonds is 4. The lowest BCUT2D eigenvalue weighted by Crippen LogP contribution is -2.34. The average molecular weight is 310 g/mol. The molecular weight excluding hydrogens is 288 g/mol. The number of nitrogens with zero attached hydrogens (tertiary/aromatic N) is 3. The van der Waals surface area contributed by atoms with E-state index >= 15 is 0 Å². The Morgan fingerprint density at radius 1 is 1.30 bits per heavy atom. The molecular formula is C18H22N4O. The third-order valence-corrected chi connectivity index (χ3v) is 4.72. The molecule has 1 atom stereocenters. The Labute approximate surface area is 135 Å². The fraction of sp³-hybridized carbons (Fsp3) is 0.444. The highest BCUT2D eigenvalue weighted by Gasteiger charge is 2.17. The second-order valence-corrected chi connectivity index (χ2v) is 6.37. The number of hydrogen-bond acceptors (Lipinski definition) is 4. The molecule has 2 aromatic heterocycles. The standard InChI is InChI=1S/C18H22N4O/c1-22-12-15(14-7-2-3-8-16(14)22)18-20-17(21-23-18)10-9-13-6-4-5-11-19-13/h2-3,7-8,12-13,19H,4-6,9-11H2,1H3. The van der Waals surface area contributed by atoms with Crippen LogP contribution in [0.5, 0.6) is 0 Å². The van der Waals surface area contributed by atoms with Gasteiger partial charge in [0.15, 0.2) is 5.82 Å².